The monoisotopic (exact) mass is 477 g/mol. The summed E-state index contributed by atoms with van der Waals surface area (Å²) in [5, 5.41) is 10.4. The van der Waals surface area contributed by atoms with Gasteiger partial charge in [-0.15, -0.1) is 0 Å². The van der Waals surface area contributed by atoms with Crippen LogP contribution in [0.2, 0.25) is 0 Å². The predicted octanol–water partition coefficient (Wildman–Crippen LogP) is 1.65. The maximum Gasteiger partial charge on any atom is 0.253 e. The lowest BCUT2D eigenvalue weighted by Gasteiger charge is -2.37. The first-order chi connectivity index (χ1) is 16.2. The van der Waals surface area contributed by atoms with Crippen LogP contribution in [-0.4, -0.2) is 122 Å². The SMILES string of the molecule is Cc1ccc(C(=O)N(CCN2CCOCC2)CC2CN(CC(O)COC(C)(C)C)CCO2)cc1. The fourth-order valence-electron chi connectivity index (χ4n) is 4.24. The van der Waals surface area contributed by atoms with Gasteiger partial charge in [-0.1, -0.05) is 17.7 Å². The molecule has 2 atom stereocenters. The Bertz CT molecular complexity index is 746. The fourth-order valence-corrected chi connectivity index (χ4v) is 4.24. The number of amides is 1. The van der Waals surface area contributed by atoms with E-state index in [4.69, 9.17) is 14.2 Å². The molecule has 0 saturated carbocycles. The molecule has 1 aromatic rings. The molecular formula is C26H43N3O5. The van der Waals surface area contributed by atoms with E-state index < -0.39 is 6.10 Å². The minimum Gasteiger partial charge on any atom is -0.389 e. The Morgan fingerprint density at radius 3 is 2.50 bits per heavy atom. The molecule has 2 aliphatic rings. The molecule has 0 bridgehead atoms. The Kier molecular flexibility index (Phi) is 10.3. The zero-order chi connectivity index (χ0) is 24.6. The number of benzene rings is 1. The number of β-amino-alcohol motifs (C(OH)–C–C–N with tert-alkyl or cyclic N) is 1. The molecule has 1 aromatic carbocycles. The topological polar surface area (TPSA) is 74.7 Å². The van der Waals surface area contributed by atoms with E-state index in [1.165, 1.54) is 0 Å². The standard InChI is InChI=1S/C26H43N3O5/c1-21-5-7-22(8-6-21)25(31)29(10-9-27-11-14-32-15-12-27)19-24-18-28(13-16-33-24)17-23(30)20-34-26(2,3)4/h5-8,23-24,30H,9-20H2,1-4H3. The highest BCUT2D eigenvalue weighted by molar-refractivity contribution is 5.94. The maximum absolute atomic E-state index is 13.4. The second kappa shape index (κ2) is 13.0. The summed E-state index contributed by atoms with van der Waals surface area (Å²) in [6.45, 7) is 16.2. The normalized spacial score (nSPS) is 21.4. The predicted molar refractivity (Wildman–Crippen MR) is 132 cm³/mol. The second-order valence-corrected chi connectivity index (χ2v) is 10.4. The Labute approximate surface area is 204 Å². The van der Waals surface area contributed by atoms with Crippen LogP contribution in [0.4, 0.5) is 0 Å². The zero-order valence-corrected chi connectivity index (χ0v) is 21.4. The van der Waals surface area contributed by atoms with E-state index in [-0.39, 0.29) is 17.6 Å². The summed E-state index contributed by atoms with van der Waals surface area (Å²) in [6, 6.07) is 7.76. The van der Waals surface area contributed by atoms with Gasteiger partial charge in [0, 0.05) is 57.9 Å². The average Bonchev–Trinajstić information content (AvgIpc) is 2.81. The zero-order valence-electron chi connectivity index (χ0n) is 21.4. The number of hydrogen-bond donors (Lipinski definition) is 1. The van der Waals surface area contributed by atoms with Gasteiger partial charge >= 0.3 is 0 Å². The van der Waals surface area contributed by atoms with Crippen molar-refractivity contribution >= 4 is 5.91 Å². The van der Waals surface area contributed by atoms with Crippen LogP contribution in [0.5, 0.6) is 0 Å². The number of ether oxygens (including phenoxy) is 3. The fraction of sp³-hybridized carbons (Fsp3) is 0.731. The molecule has 0 radical (unpaired) electrons. The first kappa shape index (κ1) is 27.0. The van der Waals surface area contributed by atoms with Crippen LogP contribution < -0.4 is 0 Å². The molecule has 192 valence electrons. The smallest absolute Gasteiger partial charge is 0.253 e. The molecule has 2 unspecified atom stereocenters. The first-order valence-electron chi connectivity index (χ1n) is 12.5. The van der Waals surface area contributed by atoms with Crippen molar-refractivity contribution in [1.82, 2.24) is 14.7 Å². The van der Waals surface area contributed by atoms with Crippen molar-refractivity contribution in [1.29, 1.82) is 0 Å². The molecule has 0 spiro atoms. The summed E-state index contributed by atoms with van der Waals surface area (Å²) in [5.74, 6) is 0.0348. The van der Waals surface area contributed by atoms with Crippen LogP contribution in [0.25, 0.3) is 0 Å². The van der Waals surface area contributed by atoms with E-state index in [0.717, 1.165) is 45.0 Å². The summed E-state index contributed by atoms with van der Waals surface area (Å²) >= 11 is 0. The lowest BCUT2D eigenvalue weighted by Crippen LogP contribution is -2.52. The molecule has 34 heavy (non-hydrogen) atoms. The van der Waals surface area contributed by atoms with Crippen LogP contribution in [0.15, 0.2) is 24.3 Å². The van der Waals surface area contributed by atoms with Gasteiger partial charge in [-0.3, -0.25) is 14.6 Å². The first-order valence-corrected chi connectivity index (χ1v) is 12.5. The van der Waals surface area contributed by atoms with Crippen molar-refractivity contribution in [2.45, 2.75) is 45.5 Å². The lowest BCUT2D eigenvalue weighted by molar-refractivity contribution is -0.0783. The number of rotatable bonds is 10. The molecule has 1 amide bonds. The number of aliphatic hydroxyl groups is 1. The molecule has 2 aliphatic heterocycles. The van der Waals surface area contributed by atoms with Crippen molar-refractivity contribution < 1.29 is 24.1 Å². The maximum atomic E-state index is 13.4. The highest BCUT2D eigenvalue weighted by Gasteiger charge is 2.27. The van der Waals surface area contributed by atoms with E-state index in [9.17, 15) is 9.90 Å². The number of carbonyl (C=O) groups is 1. The molecule has 8 nitrogen and oxygen atoms in total. The Balaban J connectivity index is 1.58. The van der Waals surface area contributed by atoms with Gasteiger partial charge in [-0.25, -0.2) is 0 Å². The van der Waals surface area contributed by atoms with Gasteiger partial charge in [0.05, 0.1) is 44.2 Å². The number of aliphatic hydroxyl groups excluding tert-OH is 1. The summed E-state index contributed by atoms with van der Waals surface area (Å²) < 4.78 is 17.2. The number of nitrogens with zero attached hydrogens (tertiary/aromatic N) is 3. The summed E-state index contributed by atoms with van der Waals surface area (Å²) in [5.41, 5.74) is 1.57. The number of hydrogen-bond acceptors (Lipinski definition) is 7. The summed E-state index contributed by atoms with van der Waals surface area (Å²) in [6.07, 6.45) is -0.645. The van der Waals surface area contributed by atoms with Gasteiger partial charge < -0.3 is 24.2 Å². The van der Waals surface area contributed by atoms with Gasteiger partial charge in [0.2, 0.25) is 0 Å². The quantitative estimate of drug-likeness (QED) is 0.549. The van der Waals surface area contributed by atoms with E-state index >= 15 is 0 Å². The van der Waals surface area contributed by atoms with Crippen LogP contribution in [0.1, 0.15) is 36.7 Å². The Morgan fingerprint density at radius 2 is 1.82 bits per heavy atom. The third kappa shape index (κ3) is 9.24. The van der Waals surface area contributed by atoms with Crippen LogP contribution >= 0.6 is 0 Å². The van der Waals surface area contributed by atoms with Gasteiger partial charge in [0.25, 0.3) is 5.91 Å². The van der Waals surface area contributed by atoms with Crippen molar-refractivity contribution in [3.63, 3.8) is 0 Å². The van der Waals surface area contributed by atoms with E-state index in [1.807, 2.05) is 56.9 Å². The Morgan fingerprint density at radius 1 is 1.15 bits per heavy atom. The molecule has 8 heteroatoms. The third-order valence-electron chi connectivity index (χ3n) is 6.20. The van der Waals surface area contributed by atoms with E-state index in [2.05, 4.69) is 9.80 Å². The van der Waals surface area contributed by atoms with Crippen LogP contribution in [0.3, 0.4) is 0 Å². The van der Waals surface area contributed by atoms with Gasteiger partial charge in [-0.2, -0.15) is 0 Å². The number of morpholine rings is 2. The van der Waals surface area contributed by atoms with Gasteiger partial charge in [-0.05, 0) is 39.8 Å². The van der Waals surface area contributed by atoms with Crippen molar-refractivity contribution in [3.05, 3.63) is 35.4 Å². The van der Waals surface area contributed by atoms with E-state index in [1.54, 1.807) is 0 Å². The van der Waals surface area contributed by atoms with E-state index in [0.29, 0.717) is 45.0 Å². The van der Waals surface area contributed by atoms with Crippen LogP contribution in [0, 0.1) is 6.92 Å². The third-order valence-corrected chi connectivity index (χ3v) is 6.20. The molecule has 1 N–H and O–H groups in total. The molecule has 2 saturated heterocycles. The highest BCUT2D eigenvalue weighted by atomic mass is 16.5. The minimum atomic E-state index is -0.551. The minimum absolute atomic E-state index is 0.0348. The lowest BCUT2D eigenvalue weighted by atomic mass is 10.1. The van der Waals surface area contributed by atoms with Crippen molar-refractivity contribution in [2.24, 2.45) is 0 Å². The molecule has 2 heterocycles. The molecule has 0 aliphatic carbocycles. The number of carbonyl (C=O) groups excluding carboxylic acids is 1. The average molecular weight is 478 g/mol. The molecular weight excluding hydrogens is 434 g/mol. The highest BCUT2D eigenvalue weighted by Crippen LogP contribution is 2.14. The Hall–Kier alpha value is -1.55. The van der Waals surface area contributed by atoms with Gasteiger partial charge in [0.1, 0.15) is 0 Å². The van der Waals surface area contributed by atoms with Gasteiger partial charge in [0.15, 0.2) is 0 Å². The second-order valence-electron chi connectivity index (χ2n) is 10.4. The summed E-state index contributed by atoms with van der Waals surface area (Å²) in [7, 11) is 0. The largest absolute Gasteiger partial charge is 0.389 e. The van der Waals surface area contributed by atoms with Crippen molar-refractivity contribution in [3.8, 4) is 0 Å². The molecule has 0 aromatic heterocycles. The van der Waals surface area contributed by atoms with Crippen molar-refractivity contribution in [2.75, 3.05) is 78.8 Å². The summed E-state index contributed by atoms with van der Waals surface area (Å²) in [4.78, 5) is 19.9. The van der Waals surface area contributed by atoms with Crippen LogP contribution in [-0.2, 0) is 14.2 Å². The molecule has 2 fully saturated rings. The molecule has 3 rings (SSSR count). The number of aryl methyl sites for hydroxylation is 1.